The predicted octanol–water partition coefficient (Wildman–Crippen LogP) is 2.76. The van der Waals surface area contributed by atoms with Crippen LogP contribution in [0.4, 0.5) is 0 Å². The molecule has 3 nitrogen and oxygen atoms in total. The third-order valence-corrected chi connectivity index (χ3v) is 5.01. The molecule has 1 aliphatic heterocycles. The van der Waals surface area contributed by atoms with Crippen LogP contribution in [0, 0.1) is 11.8 Å². The van der Waals surface area contributed by atoms with Crippen LogP contribution >= 0.6 is 0 Å². The Kier molecular flexibility index (Phi) is 5.43. The Bertz CT molecular complexity index is 308. The molecule has 0 saturated carbocycles. The van der Waals surface area contributed by atoms with E-state index < -0.39 is 0 Å². The fraction of sp³-hybridized carbons (Fsp3) is 0.875. The second-order valence-electron chi connectivity index (χ2n) is 6.24. The Morgan fingerprint density at radius 2 is 2.16 bits per heavy atom. The van der Waals surface area contributed by atoms with E-state index in [2.05, 4.69) is 25.2 Å². The number of ether oxygens (including phenoxy) is 2. The first kappa shape index (κ1) is 15.0. The Balaban J connectivity index is 1.81. The minimum Gasteiger partial charge on any atom is -0.381 e. The first-order chi connectivity index (χ1) is 9.17. The number of rotatable bonds is 5. The second kappa shape index (κ2) is 6.87. The van der Waals surface area contributed by atoms with Gasteiger partial charge in [-0.15, -0.1) is 0 Å². The Morgan fingerprint density at radius 1 is 1.42 bits per heavy atom. The lowest BCUT2D eigenvalue weighted by Gasteiger charge is -2.37. The maximum atomic E-state index is 5.76. The molecule has 2 atom stereocenters. The zero-order chi connectivity index (χ0) is 13.7. The fourth-order valence-corrected chi connectivity index (χ4v) is 3.39. The molecule has 19 heavy (non-hydrogen) atoms. The number of hydrogen-bond acceptors (Lipinski definition) is 3. The van der Waals surface area contributed by atoms with Gasteiger partial charge in [0.25, 0.3) is 0 Å². The fourth-order valence-electron chi connectivity index (χ4n) is 3.39. The van der Waals surface area contributed by atoms with E-state index in [1.54, 1.807) is 5.57 Å². The van der Waals surface area contributed by atoms with Crippen LogP contribution in [0.25, 0.3) is 0 Å². The quantitative estimate of drug-likeness (QED) is 0.777. The summed E-state index contributed by atoms with van der Waals surface area (Å²) in [5, 5.41) is 3.66. The minimum atomic E-state index is -0.00618. The van der Waals surface area contributed by atoms with Crippen molar-refractivity contribution in [3.63, 3.8) is 0 Å². The van der Waals surface area contributed by atoms with E-state index >= 15 is 0 Å². The van der Waals surface area contributed by atoms with Gasteiger partial charge in [-0.2, -0.15) is 0 Å². The molecule has 2 rings (SSSR count). The number of methoxy groups -OCH3 is 1. The molecule has 0 amide bonds. The molecule has 0 spiro atoms. The lowest BCUT2D eigenvalue weighted by atomic mass is 9.80. The van der Waals surface area contributed by atoms with Crippen molar-refractivity contribution >= 4 is 0 Å². The topological polar surface area (TPSA) is 30.5 Å². The van der Waals surface area contributed by atoms with Crippen molar-refractivity contribution in [2.75, 3.05) is 33.4 Å². The molecule has 1 aliphatic carbocycles. The highest BCUT2D eigenvalue weighted by Gasteiger charge is 2.32. The van der Waals surface area contributed by atoms with Crippen LogP contribution < -0.4 is 5.32 Å². The molecule has 0 aromatic carbocycles. The molecule has 0 radical (unpaired) electrons. The highest BCUT2D eigenvalue weighted by atomic mass is 16.5. The van der Waals surface area contributed by atoms with Gasteiger partial charge in [-0.1, -0.05) is 18.6 Å². The van der Waals surface area contributed by atoms with Crippen LogP contribution in [0.3, 0.4) is 0 Å². The predicted molar refractivity (Wildman–Crippen MR) is 78.3 cm³/mol. The molecule has 3 heteroatoms. The third-order valence-electron chi connectivity index (χ3n) is 5.01. The summed E-state index contributed by atoms with van der Waals surface area (Å²) in [6, 6.07) is 0. The van der Waals surface area contributed by atoms with Gasteiger partial charge in [0.05, 0.1) is 5.60 Å². The number of hydrogen-bond donors (Lipinski definition) is 1. The average molecular weight is 267 g/mol. The summed E-state index contributed by atoms with van der Waals surface area (Å²) in [5.41, 5.74) is 1.55. The average Bonchev–Trinajstić information content (AvgIpc) is 2.43. The maximum absolute atomic E-state index is 5.76. The van der Waals surface area contributed by atoms with Gasteiger partial charge >= 0.3 is 0 Å². The summed E-state index contributed by atoms with van der Waals surface area (Å²) >= 11 is 0. The maximum Gasteiger partial charge on any atom is 0.0846 e. The normalized spacial score (nSPS) is 31.0. The zero-order valence-electron chi connectivity index (χ0n) is 12.7. The van der Waals surface area contributed by atoms with E-state index in [1.807, 2.05) is 7.11 Å². The van der Waals surface area contributed by atoms with Gasteiger partial charge in [-0.05, 0) is 31.6 Å². The van der Waals surface area contributed by atoms with Gasteiger partial charge in [-0.3, -0.25) is 0 Å². The van der Waals surface area contributed by atoms with Crippen molar-refractivity contribution in [2.45, 2.75) is 45.1 Å². The molecule has 1 saturated heterocycles. The van der Waals surface area contributed by atoms with Crippen LogP contribution in [0.15, 0.2) is 11.6 Å². The number of allylic oxidation sites excluding steroid dienone is 1. The standard InChI is InChI=1S/C16H29NO2/c1-13-5-4-6-14(2)15(13)11-17-12-16(18-3)7-9-19-10-8-16/h5,14-15,17H,4,6-12H2,1-3H3/t14-,15-/m0/s1. The molecular weight excluding hydrogens is 238 g/mol. The summed E-state index contributed by atoms with van der Waals surface area (Å²) in [7, 11) is 1.83. The zero-order valence-corrected chi connectivity index (χ0v) is 12.7. The molecule has 0 bridgehead atoms. The summed E-state index contributed by atoms with van der Waals surface area (Å²) in [6.07, 6.45) is 7.00. The van der Waals surface area contributed by atoms with E-state index in [9.17, 15) is 0 Å². The van der Waals surface area contributed by atoms with E-state index in [0.29, 0.717) is 5.92 Å². The molecule has 1 fully saturated rings. The molecule has 1 heterocycles. The summed E-state index contributed by atoms with van der Waals surface area (Å²) in [5.74, 6) is 1.49. The molecular formula is C16H29NO2. The SMILES string of the molecule is COC1(CNC[C@H]2C(C)=CCC[C@@H]2C)CCOCC1. The lowest BCUT2D eigenvalue weighted by Crippen LogP contribution is -2.48. The van der Waals surface area contributed by atoms with Gasteiger partial charge in [-0.25, -0.2) is 0 Å². The van der Waals surface area contributed by atoms with E-state index in [0.717, 1.165) is 45.1 Å². The minimum absolute atomic E-state index is 0.00618. The van der Waals surface area contributed by atoms with Crippen molar-refractivity contribution in [2.24, 2.45) is 11.8 Å². The Labute approximate surface area is 117 Å². The second-order valence-corrected chi connectivity index (χ2v) is 6.24. The summed E-state index contributed by atoms with van der Waals surface area (Å²) in [6.45, 7) is 8.34. The van der Waals surface area contributed by atoms with Crippen LogP contribution in [0.1, 0.15) is 39.5 Å². The van der Waals surface area contributed by atoms with Crippen molar-refractivity contribution in [1.82, 2.24) is 5.32 Å². The van der Waals surface area contributed by atoms with Crippen LogP contribution in [-0.2, 0) is 9.47 Å². The van der Waals surface area contributed by atoms with Gasteiger partial charge in [0.1, 0.15) is 0 Å². The highest BCUT2D eigenvalue weighted by Crippen LogP contribution is 2.30. The molecule has 0 aromatic rings. The third kappa shape index (κ3) is 3.80. The molecule has 0 unspecified atom stereocenters. The highest BCUT2D eigenvalue weighted by molar-refractivity contribution is 5.09. The summed E-state index contributed by atoms with van der Waals surface area (Å²) in [4.78, 5) is 0. The largest absolute Gasteiger partial charge is 0.381 e. The monoisotopic (exact) mass is 267 g/mol. The van der Waals surface area contributed by atoms with E-state index in [4.69, 9.17) is 9.47 Å². The van der Waals surface area contributed by atoms with Gasteiger partial charge < -0.3 is 14.8 Å². The van der Waals surface area contributed by atoms with E-state index in [-0.39, 0.29) is 5.60 Å². The summed E-state index contributed by atoms with van der Waals surface area (Å²) < 4.78 is 11.2. The smallest absolute Gasteiger partial charge is 0.0846 e. The van der Waals surface area contributed by atoms with Crippen molar-refractivity contribution in [3.05, 3.63) is 11.6 Å². The van der Waals surface area contributed by atoms with Crippen molar-refractivity contribution < 1.29 is 9.47 Å². The van der Waals surface area contributed by atoms with Crippen molar-refractivity contribution in [1.29, 1.82) is 0 Å². The van der Waals surface area contributed by atoms with Gasteiger partial charge in [0.15, 0.2) is 0 Å². The van der Waals surface area contributed by atoms with Crippen LogP contribution in [-0.4, -0.2) is 39.0 Å². The van der Waals surface area contributed by atoms with E-state index in [1.165, 1.54) is 12.8 Å². The first-order valence-electron chi connectivity index (χ1n) is 7.67. The van der Waals surface area contributed by atoms with Crippen molar-refractivity contribution in [3.8, 4) is 0 Å². The number of nitrogens with one attached hydrogen (secondary N) is 1. The first-order valence-corrected chi connectivity index (χ1v) is 7.67. The molecule has 110 valence electrons. The lowest BCUT2D eigenvalue weighted by molar-refractivity contribution is -0.0878. The molecule has 0 aromatic heterocycles. The Hall–Kier alpha value is -0.380. The van der Waals surface area contributed by atoms with Crippen LogP contribution in [0.2, 0.25) is 0 Å². The Morgan fingerprint density at radius 3 is 2.79 bits per heavy atom. The van der Waals surface area contributed by atoms with Gasteiger partial charge in [0, 0.05) is 46.3 Å². The molecule has 1 N–H and O–H groups in total. The molecule has 2 aliphatic rings. The van der Waals surface area contributed by atoms with Crippen LogP contribution in [0.5, 0.6) is 0 Å². The van der Waals surface area contributed by atoms with Gasteiger partial charge in [0.2, 0.25) is 0 Å².